The fraction of sp³-hybridized carbons (Fsp3) is 0.400. The Labute approximate surface area is 238 Å². The molecule has 0 aliphatic carbocycles. The van der Waals surface area contributed by atoms with Gasteiger partial charge in [-0.2, -0.15) is 9.97 Å². The van der Waals surface area contributed by atoms with Crippen molar-refractivity contribution < 1.29 is 13.9 Å². The molecule has 6 rings (SSSR count). The number of carbonyl (C=O) groups excluding carboxylic acids is 1. The highest BCUT2D eigenvalue weighted by molar-refractivity contribution is 5.95. The van der Waals surface area contributed by atoms with E-state index < -0.39 is 0 Å². The summed E-state index contributed by atoms with van der Waals surface area (Å²) in [5.74, 6) is 0.754. The molecule has 2 aliphatic rings. The van der Waals surface area contributed by atoms with Gasteiger partial charge in [0.05, 0.1) is 18.4 Å². The van der Waals surface area contributed by atoms with E-state index in [1.807, 2.05) is 49.2 Å². The van der Waals surface area contributed by atoms with E-state index in [9.17, 15) is 9.18 Å². The third kappa shape index (κ3) is 5.73. The van der Waals surface area contributed by atoms with Crippen LogP contribution >= 0.6 is 0 Å². The number of aromatic nitrogens is 4. The topological polar surface area (TPSA) is 91.7 Å². The van der Waals surface area contributed by atoms with E-state index in [0.29, 0.717) is 53.9 Å². The fourth-order valence-electron chi connectivity index (χ4n) is 5.52. The van der Waals surface area contributed by atoms with Crippen molar-refractivity contribution in [1.82, 2.24) is 29.3 Å². The maximum absolute atomic E-state index is 14.1. The van der Waals surface area contributed by atoms with Crippen molar-refractivity contribution in [2.24, 2.45) is 0 Å². The standard InChI is InChI=1S/C30H35FN8O2/c1-20-18-38(15-16-41-20)30-34-27(26-28(35-30)39(19-32-26)25-6-4-5-22(31)17-25)33-23-9-7-21(8-10-23)29(40)37(3)24-11-13-36(2)14-12-24/h4-10,17,19-20,24H,11-16,18H2,1-3H3,(H,33,34,35). The van der Waals surface area contributed by atoms with Gasteiger partial charge in [-0.1, -0.05) is 6.07 Å². The largest absolute Gasteiger partial charge is 0.375 e. The van der Waals surface area contributed by atoms with Crippen LogP contribution in [0.4, 0.5) is 21.8 Å². The molecule has 0 spiro atoms. The first-order valence-electron chi connectivity index (χ1n) is 14.1. The van der Waals surface area contributed by atoms with Crippen molar-refractivity contribution in [2.75, 3.05) is 57.1 Å². The number of nitrogens with one attached hydrogen (secondary N) is 1. The van der Waals surface area contributed by atoms with Crippen molar-refractivity contribution in [3.05, 3.63) is 66.2 Å². The molecule has 11 heteroatoms. The lowest BCUT2D eigenvalue weighted by Crippen LogP contribution is -2.44. The normalized spacial score (nSPS) is 18.5. The number of hydrogen-bond donors (Lipinski definition) is 1. The molecule has 0 saturated carbocycles. The second-order valence-electron chi connectivity index (χ2n) is 10.9. The number of ether oxygens (including phenoxy) is 1. The lowest BCUT2D eigenvalue weighted by Gasteiger charge is -2.35. The van der Waals surface area contributed by atoms with Crippen LogP contribution in [0.3, 0.4) is 0 Å². The maximum Gasteiger partial charge on any atom is 0.253 e. The Hall–Kier alpha value is -4.09. The highest BCUT2D eigenvalue weighted by atomic mass is 19.1. The van der Waals surface area contributed by atoms with E-state index in [2.05, 4.69) is 27.1 Å². The van der Waals surface area contributed by atoms with Crippen LogP contribution in [-0.2, 0) is 4.74 Å². The number of morpholine rings is 1. The molecule has 1 N–H and O–H groups in total. The molecule has 1 unspecified atom stereocenters. The third-order valence-electron chi connectivity index (χ3n) is 7.95. The Balaban J connectivity index is 1.29. The van der Waals surface area contributed by atoms with Crippen LogP contribution < -0.4 is 10.2 Å². The number of piperidine rings is 1. The van der Waals surface area contributed by atoms with Crippen LogP contribution in [0, 0.1) is 5.82 Å². The Morgan fingerprint density at radius 2 is 1.88 bits per heavy atom. The van der Waals surface area contributed by atoms with Gasteiger partial charge in [0, 0.05) is 37.4 Å². The van der Waals surface area contributed by atoms with E-state index in [-0.39, 0.29) is 23.9 Å². The number of benzene rings is 2. The lowest BCUT2D eigenvalue weighted by atomic mass is 10.0. The van der Waals surface area contributed by atoms with E-state index in [0.717, 1.165) is 31.6 Å². The number of amides is 1. The van der Waals surface area contributed by atoms with Gasteiger partial charge < -0.3 is 24.8 Å². The van der Waals surface area contributed by atoms with Crippen LogP contribution in [0.15, 0.2) is 54.9 Å². The predicted octanol–water partition coefficient (Wildman–Crippen LogP) is 4.09. The Morgan fingerprint density at radius 3 is 2.61 bits per heavy atom. The molecule has 2 fully saturated rings. The van der Waals surface area contributed by atoms with Gasteiger partial charge in [0.25, 0.3) is 5.91 Å². The number of anilines is 3. The van der Waals surface area contributed by atoms with Gasteiger partial charge in [-0.05, 0) is 82.4 Å². The second-order valence-corrected chi connectivity index (χ2v) is 10.9. The molecule has 0 bridgehead atoms. The zero-order chi connectivity index (χ0) is 28.5. The highest BCUT2D eigenvalue weighted by Gasteiger charge is 2.25. The first-order valence-corrected chi connectivity index (χ1v) is 14.1. The number of halogens is 1. The monoisotopic (exact) mass is 558 g/mol. The zero-order valence-electron chi connectivity index (χ0n) is 23.6. The van der Waals surface area contributed by atoms with Gasteiger partial charge in [-0.25, -0.2) is 9.37 Å². The van der Waals surface area contributed by atoms with E-state index in [1.54, 1.807) is 17.0 Å². The van der Waals surface area contributed by atoms with Gasteiger partial charge in [-0.3, -0.25) is 9.36 Å². The molecule has 41 heavy (non-hydrogen) atoms. The Bertz CT molecular complexity index is 1530. The van der Waals surface area contributed by atoms with Crippen LogP contribution in [0.1, 0.15) is 30.1 Å². The van der Waals surface area contributed by atoms with Crippen LogP contribution in [0.5, 0.6) is 0 Å². The number of likely N-dealkylation sites (tertiary alicyclic amines) is 1. The molecule has 10 nitrogen and oxygen atoms in total. The van der Waals surface area contributed by atoms with Crippen molar-refractivity contribution in [3.63, 3.8) is 0 Å². The van der Waals surface area contributed by atoms with Crippen LogP contribution in [-0.4, -0.2) is 94.3 Å². The first kappa shape index (κ1) is 27.1. The van der Waals surface area contributed by atoms with Gasteiger partial charge in [0.15, 0.2) is 17.0 Å². The molecule has 2 aromatic heterocycles. The third-order valence-corrected chi connectivity index (χ3v) is 7.95. The predicted molar refractivity (Wildman–Crippen MR) is 157 cm³/mol. The van der Waals surface area contributed by atoms with E-state index in [4.69, 9.17) is 14.7 Å². The maximum atomic E-state index is 14.1. The first-order chi connectivity index (χ1) is 19.9. The highest BCUT2D eigenvalue weighted by Crippen LogP contribution is 2.29. The van der Waals surface area contributed by atoms with Gasteiger partial charge in [0.1, 0.15) is 12.1 Å². The smallest absolute Gasteiger partial charge is 0.253 e. The van der Waals surface area contributed by atoms with Gasteiger partial charge in [-0.15, -0.1) is 0 Å². The summed E-state index contributed by atoms with van der Waals surface area (Å²) in [6.07, 6.45) is 3.64. The Morgan fingerprint density at radius 1 is 1.10 bits per heavy atom. The number of rotatable bonds is 6. The average molecular weight is 559 g/mol. The molecule has 0 radical (unpaired) electrons. The molecular weight excluding hydrogens is 523 g/mol. The molecule has 2 aromatic carbocycles. The Kier molecular flexibility index (Phi) is 7.55. The van der Waals surface area contributed by atoms with Crippen molar-refractivity contribution in [2.45, 2.75) is 31.9 Å². The van der Waals surface area contributed by atoms with Crippen molar-refractivity contribution >= 4 is 34.5 Å². The van der Waals surface area contributed by atoms with E-state index in [1.165, 1.54) is 12.1 Å². The summed E-state index contributed by atoms with van der Waals surface area (Å²) < 4.78 is 21.6. The summed E-state index contributed by atoms with van der Waals surface area (Å²) >= 11 is 0. The summed E-state index contributed by atoms with van der Waals surface area (Å²) in [5.41, 5.74) is 3.15. The van der Waals surface area contributed by atoms with Crippen LogP contribution in [0.25, 0.3) is 16.9 Å². The summed E-state index contributed by atoms with van der Waals surface area (Å²) in [6.45, 7) is 5.91. The second kappa shape index (κ2) is 11.4. The summed E-state index contributed by atoms with van der Waals surface area (Å²) in [5, 5.41) is 3.39. The average Bonchev–Trinajstić information content (AvgIpc) is 3.42. The molecule has 1 amide bonds. The van der Waals surface area contributed by atoms with E-state index >= 15 is 0 Å². The molecule has 4 heterocycles. The minimum Gasteiger partial charge on any atom is -0.375 e. The number of nitrogens with zero attached hydrogens (tertiary/aromatic N) is 7. The fourth-order valence-corrected chi connectivity index (χ4v) is 5.52. The van der Waals surface area contributed by atoms with Crippen LogP contribution in [0.2, 0.25) is 0 Å². The molecule has 2 aliphatic heterocycles. The molecular formula is C30H35FN8O2. The number of hydrogen-bond acceptors (Lipinski definition) is 8. The lowest BCUT2D eigenvalue weighted by molar-refractivity contribution is 0.0526. The summed E-state index contributed by atoms with van der Waals surface area (Å²) in [4.78, 5) is 33.7. The number of carbonyl (C=O) groups is 1. The minimum absolute atomic E-state index is 0.0214. The number of fused-ring (bicyclic) bond motifs is 1. The van der Waals surface area contributed by atoms with Crippen molar-refractivity contribution in [3.8, 4) is 5.69 Å². The minimum atomic E-state index is -0.338. The van der Waals surface area contributed by atoms with Gasteiger partial charge >= 0.3 is 0 Å². The summed E-state index contributed by atoms with van der Waals surface area (Å²) in [7, 11) is 4.01. The van der Waals surface area contributed by atoms with Crippen molar-refractivity contribution in [1.29, 1.82) is 0 Å². The molecule has 1 atom stereocenters. The SMILES string of the molecule is CC1CN(c2nc(Nc3ccc(C(=O)N(C)C4CCN(C)CC4)cc3)c3ncn(-c4cccc(F)c4)c3n2)CCO1. The molecule has 4 aromatic rings. The van der Waals surface area contributed by atoms with Gasteiger partial charge in [0.2, 0.25) is 5.95 Å². The number of imidazole rings is 1. The quantitative estimate of drug-likeness (QED) is 0.379. The zero-order valence-corrected chi connectivity index (χ0v) is 23.6. The molecule has 2 saturated heterocycles. The molecule has 214 valence electrons. The summed E-state index contributed by atoms with van der Waals surface area (Å²) in [6, 6.07) is 14.0.